The van der Waals surface area contributed by atoms with E-state index in [4.69, 9.17) is 29.9 Å². The summed E-state index contributed by atoms with van der Waals surface area (Å²) < 4.78 is 4.35. The molecule has 15 rings (SSSR count). The van der Waals surface area contributed by atoms with E-state index >= 15 is 0 Å². The molecule has 12 nitrogen and oxygen atoms in total. The number of hydrogen-bond donors (Lipinski definition) is 0. The predicted molar refractivity (Wildman–Crippen MR) is 344 cm³/mol. The first-order valence-electron chi connectivity index (χ1n) is 28.3. The maximum absolute atomic E-state index is 10.2. The first-order chi connectivity index (χ1) is 43.4. The Bertz CT molecular complexity index is 4900. The standard InChI is InChI=1S/C76H42N12/c77-43-47-24-32-65-61(36-47)62-37-48(44-78)25-33-66(62)87(65)69-41-57(28-30-59(69)75-83-71(51-14-5-1-6-15-51)81-72(84-75)52-16-7-2-8-17-52)55-22-13-23-56(40-55)58-29-31-60(76-85-73(53-18-9-3-10-19-53)82-74(86-76)54-20-11-4-12-21-54)70(42-58)88-67-34-26-49(45-79)38-63(67)64-39-50(46-80)27-35-68(64)88/h1-42H. The van der Waals surface area contributed by atoms with Gasteiger partial charge in [0.05, 0.1) is 80.0 Å². The van der Waals surface area contributed by atoms with Crippen molar-refractivity contribution in [1.82, 2.24) is 39.0 Å². The Morgan fingerprint density at radius 2 is 0.489 bits per heavy atom. The van der Waals surface area contributed by atoms with Crippen molar-refractivity contribution in [1.29, 1.82) is 21.0 Å². The minimum absolute atomic E-state index is 0.454. The van der Waals surface area contributed by atoms with Crippen LogP contribution in [0.2, 0.25) is 0 Å². The van der Waals surface area contributed by atoms with E-state index in [1.807, 2.05) is 194 Å². The van der Waals surface area contributed by atoms with Gasteiger partial charge < -0.3 is 9.13 Å². The molecule has 406 valence electrons. The summed E-state index contributed by atoms with van der Waals surface area (Å²) in [5.74, 6) is 2.97. The number of nitrogens with zero attached hydrogens (tertiary/aromatic N) is 12. The van der Waals surface area contributed by atoms with E-state index in [1.165, 1.54) is 0 Å². The van der Waals surface area contributed by atoms with Crippen LogP contribution in [-0.4, -0.2) is 39.0 Å². The molecule has 0 spiro atoms. The van der Waals surface area contributed by atoms with Crippen LogP contribution in [-0.2, 0) is 0 Å². The molecular formula is C76H42N12. The lowest BCUT2D eigenvalue weighted by atomic mass is 9.96. The highest BCUT2D eigenvalue weighted by Gasteiger charge is 2.24. The Morgan fingerprint density at radius 3 is 0.773 bits per heavy atom. The van der Waals surface area contributed by atoms with E-state index in [2.05, 4.69) is 94.1 Å². The number of fused-ring (bicyclic) bond motifs is 6. The molecule has 0 fully saturated rings. The van der Waals surface area contributed by atoms with Crippen LogP contribution in [0.25, 0.3) is 146 Å². The molecule has 11 aromatic carbocycles. The van der Waals surface area contributed by atoms with Gasteiger partial charge in [-0.05, 0) is 125 Å². The molecule has 0 saturated carbocycles. The third kappa shape index (κ3) is 9.18. The lowest BCUT2D eigenvalue weighted by Crippen LogP contribution is -2.04. The molecule has 0 atom stereocenters. The van der Waals surface area contributed by atoms with Gasteiger partial charge in [-0.1, -0.05) is 152 Å². The normalized spacial score (nSPS) is 11.1. The predicted octanol–water partition coefficient (Wildman–Crippen LogP) is 17.1. The fraction of sp³-hybridized carbons (Fsp3) is 0. The molecule has 88 heavy (non-hydrogen) atoms. The van der Waals surface area contributed by atoms with Gasteiger partial charge in [0.15, 0.2) is 34.9 Å². The number of rotatable bonds is 10. The molecule has 0 radical (unpaired) electrons. The van der Waals surface area contributed by atoms with Gasteiger partial charge in [-0.15, -0.1) is 0 Å². The molecule has 0 N–H and O–H groups in total. The topological polar surface area (TPSA) is 182 Å². The van der Waals surface area contributed by atoms with Crippen molar-refractivity contribution in [3.63, 3.8) is 0 Å². The first kappa shape index (κ1) is 51.8. The number of nitriles is 4. The fourth-order valence-electron chi connectivity index (χ4n) is 11.8. The minimum atomic E-state index is 0.454. The highest BCUT2D eigenvalue weighted by molar-refractivity contribution is 6.12. The van der Waals surface area contributed by atoms with E-state index in [0.29, 0.717) is 57.2 Å². The van der Waals surface area contributed by atoms with Gasteiger partial charge in [-0.25, -0.2) is 29.9 Å². The summed E-state index contributed by atoms with van der Waals surface area (Å²) >= 11 is 0. The SMILES string of the molecule is N#Cc1ccc2c(c1)c1cc(C#N)ccc1n2-c1cc(-c2cccc(-c3ccc(-c4nc(-c5ccccc5)nc(-c5ccccc5)n4)c(-n4c5ccc(C#N)cc5c5cc(C#N)ccc54)c3)c2)ccc1-c1nc(-c2ccccc2)nc(-c2ccccc2)n1. The fourth-order valence-corrected chi connectivity index (χ4v) is 11.8. The maximum Gasteiger partial charge on any atom is 0.166 e. The molecule has 0 amide bonds. The molecule has 0 aliphatic rings. The summed E-state index contributed by atoms with van der Waals surface area (Å²) in [5, 5.41) is 44.0. The van der Waals surface area contributed by atoms with Crippen LogP contribution in [0, 0.1) is 45.3 Å². The zero-order chi connectivity index (χ0) is 59.2. The van der Waals surface area contributed by atoms with E-state index in [-0.39, 0.29) is 0 Å². The van der Waals surface area contributed by atoms with E-state index in [1.54, 1.807) is 0 Å². The number of benzene rings is 11. The van der Waals surface area contributed by atoms with Crippen molar-refractivity contribution in [2.24, 2.45) is 0 Å². The van der Waals surface area contributed by atoms with Crippen LogP contribution in [0.1, 0.15) is 22.3 Å². The van der Waals surface area contributed by atoms with Gasteiger partial charge in [0, 0.05) is 54.9 Å². The Morgan fingerprint density at radius 1 is 0.227 bits per heavy atom. The van der Waals surface area contributed by atoms with E-state index in [9.17, 15) is 21.0 Å². The second-order valence-corrected chi connectivity index (χ2v) is 21.2. The summed E-state index contributed by atoms with van der Waals surface area (Å²) in [6.45, 7) is 0. The average molecular weight is 1120 g/mol. The van der Waals surface area contributed by atoms with Crippen molar-refractivity contribution in [2.45, 2.75) is 0 Å². The number of aromatic nitrogens is 8. The molecule has 0 aliphatic carbocycles. The first-order valence-corrected chi connectivity index (χ1v) is 28.3. The summed E-state index contributed by atoms with van der Waals surface area (Å²) in [7, 11) is 0. The van der Waals surface area contributed by atoms with Crippen LogP contribution in [0.3, 0.4) is 0 Å². The lowest BCUT2D eigenvalue weighted by Gasteiger charge is -2.18. The quantitative estimate of drug-likeness (QED) is 0.128. The zero-order valence-electron chi connectivity index (χ0n) is 46.6. The Balaban J connectivity index is 0.956. The van der Waals surface area contributed by atoms with Gasteiger partial charge >= 0.3 is 0 Å². The van der Waals surface area contributed by atoms with Gasteiger partial charge in [0.2, 0.25) is 0 Å². The molecule has 12 heteroatoms. The second kappa shape index (κ2) is 21.6. The van der Waals surface area contributed by atoms with Gasteiger partial charge in [-0.3, -0.25) is 0 Å². The summed E-state index contributed by atoms with van der Waals surface area (Å²) in [4.78, 5) is 31.0. The molecule has 0 unspecified atom stereocenters. The maximum atomic E-state index is 10.2. The highest BCUT2D eigenvalue weighted by Crippen LogP contribution is 2.42. The second-order valence-electron chi connectivity index (χ2n) is 21.2. The van der Waals surface area contributed by atoms with Crippen LogP contribution in [0.15, 0.2) is 255 Å². The van der Waals surface area contributed by atoms with Crippen molar-refractivity contribution >= 4 is 43.6 Å². The van der Waals surface area contributed by atoms with Crippen molar-refractivity contribution in [3.05, 3.63) is 277 Å². The molecule has 0 bridgehead atoms. The third-order valence-corrected chi connectivity index (χ3v) is 15.9. The van der Waals surface area contributed by atoms with Crippen molar-refractivity contribution in [3.8, 4) is 126 Å². The van der Waals surface area contributed by atoms with Crippen LogP contribution in [0.5, 0.6) is 0 Å². The van der Waals surface area contributed by atoms with Crippen LogP contribution >= 0.6 is 0 Å². The van der Waals surface area contributed by atoms with E-state index < -0.39 is 0 Å². The molecule has 0 aliphatic heterocycles. The van der Waals surface area contributed by atoms with Gasteiger partial charge in [0.1, 0.15) is 0 Å². The number of hydrogen-bond acceptors (Lipinski definition) is 10. The van der Waals surface area contributed by atoms with E-state index in [0.717, 1.165) is 111 Å². The third-order valence-electron chi connectivity index (χ3n) is 15.9. The van der Waals surface area contributed by atoms with Crippen molar-refractivity contribution in [2.75, 3.05) is 0 Å². The summed E-state index contributed by atoms with van der Waals surface area (Å²) in [6, 6.07) is 92.5. The zero-order valence-corrected chi connectivity index (χ0v) is 46.6. The summed E-state index contributed by atoms with van der Waals surface area (Å²) in [5.41, 5.74) is 15.2. The molecular weight excluding hydrogens is 1080 g/mol. The highest BCUT2D eigenvalue weighted by atomic mass is 15.1. The monoisotopic (exact) mass is 1120 g/mol. The molecule has 4 aromatic heterocycles. The molecule has 15 aromatic rings. The Kier molecular flexibility index (Phi) is 12.7. The largest absolute Gasteiger partial charge is 0.308 e. The van der Waals surface area contributed by atoms with Crippen LogP contribution in [0.4, 0.5) is 0 Å². The molecule has 4 heterocycles. The average Bonchev–Trinajstić information content (AvgIpc) is 1.77. The smallest absolute Gasteiger partial charge is 0.166 e. The van der Waals surface area contributed by atoms with Gasteiger partial charge in [0.25, 0.3) is 0 Å². The Labute approximate surface area is 504 Å². The lowest BCUT2D eigenvalue weighted by molar-refractivity contribution is 1.06. The minimum Gasteiger partial charge on any atom is -0.308 e. The summed E-state index contributed by atoms with van der Waals surface area (Å²) in [6.07, 6.45) is 0. The van der Waals surface area contributed by atoms with Gasteiger partial charge in [-0.2, -0.15) is 21.0 Å². The van der Waals surface area contributed by atoms with Crippen LogP contribution < -0.4 is 0 Å². The molecule has 0 saturated heterocycles. The Hall–Kier alpha value is -13.0. The van der Waals surface area contributed by atoms with Crippen molar-refractivity contribution < 1.29 is 0 Å².